The number of aliphatic hydroxyl groups is 1. The molecule has 0 saturated carbocycles. The summed E-state index contributed by atoms with van der Waals surface area (Å²) in [6.45, 7) is 6.24. The van der Waals surface area contributed by atoms with Crippen LogP contribution in [0.1, 0.15) is 31.3 Å². The highest BCUT2D eigenvalue weighted by Crippen LogP contribution is 2.22. The smallest absolute Gasteiger partial charge is 0.194 e. The second kappa shape index (κ2) is 4.53. The molecular formula is C11H17N3OS. The van der Waals surface area contributed by atoms with Crippen molar-refractivity contribution in [1.82, 2.24) is 14.7 Å². The first-order chi connectivity index (χ1) is 7.63. The van der Waals surface area contributed by atoms with E-state index in [1.807, 2.05) is 25.4 Å². The molecule has 16 heavy (non-hydrogen) atoms. The number of fused-ring (bicyclic) bond motifs is 1. The summed E-state index contributed by atoms with van der Waals surface area (Å²) in [5.74, 6) is 0. The van der Waals surface area contributed by atoms with Crippen LogP contribution in [-0.2, 0) is 0 Å². The minimum absolute atomic E-state index is 0.0959. The number of aryl methyl sites for hydroxylation is 1. The summed E-state index contributed by atoms with van der Waals surface area (Å²) < 4.78 is 2.11. The van der Waals surface area contributed by atoms with Gasteiger partial charge < -0.3 is 10.4 Å². The van der Waals surface area contributed by atoms with Gasteiger partial charge in [0.2, 0.25) is 0 Å². The zero-order chi connectivity index (χ0) is 11.7. The zero-order valence-electron chi connectivity index (χ0n) is 9.77. The van der Waals surface area contributed by atoms with Gasteiger partial charge in [-0.05, 0) is 20.8 Å². The van der Waals surface area contributed by atoms with Crippen LogP contribution >= 0.6 is 11.3 Å². The molecular weight excluding hydrogens is 222 g/mol. The van der Waals surface area contributed by atoms with E-state index in [1.54, 1.807) is 11.3 Å². The molecule has 0 aliphatic carbocycles. The van der Waals surface area contributed by atoms with Gasteiger partial charge in [0.1, 0.15) is 0 Å². The van der Waals surface area contributed by atoms with Crippen molar-refractivity contribution < 1.29 is 5.11 Å². The van der Waals surface area contributed by atoms with Crippen LogP contribution in [0.15, 0.2) is 11.6 Å². The average molecular weight is 239 g/mol. The number of imidazole rings is 1. The summed E-state index contributed by atoms with van der Waals surface area (Å²) in [5.41, 5.74) is 2.23. The Hall–Kier alpha value is -0.910. The monoisotopic (exact) mass is 239 g/mol. The fraction of sp³-hybridized carbons (Fsp3) is 0.545. The van der Waals surface area contributed by atoms with E-state index >= 15 is 0 Å². The van der Waals surface area contributed by atoms with E-state index in [2.05, 4.69) is 21.6 Å². The molecule has 2 aromatic heterocycles. The predicted octanol–water partition coefficient (Wildman–Crippen LogP) is 1.74. The quantitative estimate of drug-likeness (QED) is 0.854. The molecule has 2 aromatic rings. The Kier molecular flexibility index (Phi) is 3.28. The van der Waals surface area contributed by atoms with Crippen LogP contribution in [0.2, 0.25) is 0 Å². The third-order valence-electron chi connectivity index (χ3n) is 2.70. The molecule has 0 aliphatic heterocycles. The normalized spacial score (nSPS) is 15.5. The van der Waals surface area contributed by atoms with Crippen molar-refractivity contribution in [1.29, 1.82) is 0 Å². The summed E-state index contributed by atoms with van der Waals surface area (Å²) in [5, 5.41) is 14.4. The molecule has 0 aromatic carbocycles. The number of hydrogen-bond acceptors (Lipinski definition) is 4. The van der Waals surface area contributed by atoms with Crippen LogP contribution < -0.4 is 5.32 Å². The molecule has 2 rings (SSSR count). The number of nitrogens with zero attached hydrogens (tertiary/aromatic N) is 2. The lowest BCUT2D eigenvalue weighted by Gasteiger charge is -2.18. The fourth-order valence-corrected chi connectivity index (χ4v) is 2.76. The lowest BCUT2D eigenvalue weighted by atomic mass is 10.2. The Morgan fingerprint density at radius 2 is 2.31 bits per heavy atom. The van der Waals surface area contributed by atoms with Crippen molar-refractivity contribution in [2.45, 2.75) is 32.9 Å². The van der Waals surface area contributed by atoms with Gasteiger partial charge in [0.15, 0.2) is 4.96 Å². The summed E-state index contributed by atoms with van der Waals surface area (Å²) in [6.07, 6.45) is 2.04. The fourth-order valence-electron chi connectivity index (χ4n) is 1.99. The first-order valence-corrected chi connectivity index (χ1v) is 6.30. The molecule has 2 N–H and O–H groups in total. The van der Waals surface area contributed by atoms with Gasteiger partial charge in [-0.15, -0.1) is 11.3 Å². The maximum Gasteiger partial charge on any atom is 0.194 e. The van der Waals surface area contributed by atoms with Crippen LogP contribution in [0.5, 0.6) is 0 Å². The SMILES string of the molecule is Cc1nc2sccn2c1C(C)N[C@@H](C)CO. The zero-order valence-corrected chi connectivity index (χ0v) is 10.6. The van der Waals surface area contributed by atoms with Crippen molar-refractivity contribution >= 4 is 16.3 Å². The maximum absolute atomic E-state index is 9.04. The summed E-state index contributed by atoms with van der Waals surface area (Å²) >= 11 is 1.64. The molecule has 0 bridgehead atoms. The van der Waals surface area contributed by atoms with Crippen LogP contribution in [-0.4, -0.2) is 27.1 Å². The van der Waals surface area contributed by atoms with Crippen molar-refractivity contribution in [3.63, 3.8) is 0 Å². The van der Waals surface area contributed by atoms with Crippen molar-refractivity contribution in [2.75, 3.05) is 6.61 Å². The maximum atomic E-state index is 9.04. The highest BCUT2D eigenvalue weighted by Gasteiger charge is 2.17. The standard InChI is InChI=1S/C11H17N3OS/c1-7(6-15)12-8(2)10-9(3)13-11-14(10)4-5-16-11/h4-5,7-8,12,15H,6H2,1-3H3/t7-,8?/m0/s1. The summed E-state index contributed by atoms with van der Waals surface area (Å²) in [7, 11) is 0. The van der Waals surface area contributed by atoms with E-state index in [9.17, 15) is 0 Å². The molecule has 0 amide bonds. The molecule has 1 unspecified atom stereocenters. The Morgan fingerprint density at radius 3 is 3.00 bits per heavy atom. The number of nitrogens with one attached hydrogen (secondary N) is 1. The number of rotatable bonds is 4. The number of hydrogen-bond donors (Lipinski definition) is 2. The third-order valence-corrected chi connectivity index (χ3v) is 3.46. The molecule has 5 heteroatoms. The minimum Gasteiger partial charge on any atom is -0.395 e. The van der Waals surface area contributed by atoms with Gasteiger partial charge in [0, 0.05) is 23.7 Å². The number of thiazole rings is 1. The largest absolute Gasteiger partial charge is 0.395 e. The second-order valence-electron chi connectivity index (χ2n) is 4.11. The molecule has 88 valence electrons. The van der Waals surface area contributed by atoms with E-state index < -0.39 is 0 Å². The first-order valence-electron chi connectivity index (χ1n) is 5.42. The topological polar surface area (TPSA) is 49.6 Å². The Labute approximate surface area is 98.9 Å². The first kappa shape index (κ1) is 11.6. The van der Waals surface area contributed by atoms with Gasteiger partial charge in [-0.1, -0.05) is 0 Å². The van der Waals surface area contributed by atoms with E-state index in [-0.39, 0.29) is 18.7 Å². The van der Waals surface area contributed by atoms with E-state index in [0.717, 1.165) is 10.7 Å². The van der Waals surface area contributed by atoms with E-state index in [4.69, 9.17) is 5.11 Å². The third kappa shape index (κ3) is 1.98. The van der Waals surface area contributed by atoms with Gasteiger partial charge in [-0.25, -0.2) is 4.98 Å². The molecule has 0 aliphatic rings. The highest BCUT2D eigenvalue weighted by molar-refractivity contribution is 7.15. The molecule has 2 heterocycles. The van der Waals surface area contributed by atoms with Crippen LogP contribution in [0.3, 0.4) is 0 Å². The Bertz CT molecular complexity index is 476. The molecule has 0 radical (unpaired) electrons. The molecule has 4 nitrogen and oxygen atoms in total. The average Bonchev–Trinajstić information content (AvgIpc) is 2.76. The molecule has 2 atom stereocenters. The number of aliphatic hydroxyl groups excluding tert-OH is 1. The van der Waals surface area contributed by atoms with Gasteiger partial charge in [0.05, 0.1) is 18.0 Å². The van der Waals surface area contributed by atoms with Crippen molar-refractivity contribution in [3.8, 4) is 0 Å². The van der Waals surface area contributed by atoms with Gasteiger partial charge in [-0.3, -0.25) is 4.40 Å². The molecule has 0 saturated heterocycles. The van der Waals surface area contributed by atoms with Crippen LogP contribution in [0.4, 0.5) is 0 Å². The molecule has 0 spiro atoms. The van der Waals surface area contributed by atoms with E-state index in [0.29, 0.717) is 0 Å². The highest BCUT2D eigenvalue weighted by atomic mass is 32.1. The predicted molar refractivity (Wildman–Crippen MR) is 65.9 cm³/mol. The van der Waals surface area contributed by atoms with Crippen molar-refractivity contribution in [2.24, 2.45) is 0 Å². The Morgan fingerprint density at radius 1 is 1.56 bits per heavy atom. The summed E-state index contributed by atoms with van der Waals surface area (Å²) in [4.78, 5) is 5.53. The van der Waals surface area contributed by atoms with Crippen molar-refractivity contribution in [3.05, 3.63) is 23.0 Å². The van der Waals surface area contributed by atoms with Gasteiger partial charge in [0.25, 0.3) is 0 Å². The van der Waals surface area contributed by atoms with Gasteiger partial charge >= 0.3 is 0 Å². The van der Waals surface area contributed by atoms with Crippen LogP contribution in [0.25, 0.3) is 4.96 Å². The Balaban J connectivity index is 2.30. The second-order valence-corrected chi connectivity index (χ2v) is 4.98. The lowest BCUT2D eigenvalue weighted by molar-refractivity contribution is 0.242. The van der Waals surface area contributed by atoms with Crippen LogP contribution in [0, 0.1) is 6.92 Å². The molecule has 0 fully saturated rings. The number of aromatic nitrogens is 2. The minimum atomic E-state index is 0.0959. The van der Waals surface area contributed by atoms with E-state index in [1.165, 1.54) is 5.69 Å². The lowest BCUT2D eigenvalue weighted by Crippen LogP contribution is -2.32. The van der Waals surface area contributed by atoms with Gasteiger partial charge in [-0.2, -0.15) is 0 Å². The summed E-state index contributed by atoms with van der Waals surface area (Å²) in [6, 6.07) is 0.283.